The van der Waals surface area contributed by atoms with Gasteiger partial charge in [-0.2, -0.15) is 27.9 Å². The fourth-order valence-electron chi connectivity index (χ4n) is 3.06. The zero-order valence-electron chi connectivity index (χ0n) is 18.7. The molecule has 0 aliphatic carbocycles. The van der Waals surface area contributed by atoms with Crippen LogP contribution < -0.4 is 15.2 Å². The first-order valence-electron chi connectivity index (χ1n) is 10.1. The quantitative estimate of drug-likeness (QED) is 0.344. The molecule has 11 nitrogen and oxygen atoms in total. The summed E-state index contributed by atoms with van der Waals surface area (Å²) in [6.07, 6.45) is -6.44. The Hall–Kier alpha value is -3.88. The number of ether oxygens (including phenoxy) is 2. The summed E-state index contributed by atoms with van der Waals surface area (Å²) in [5.41, 5.74) is -1.27. The van der Waals surface area contributed by atoms with Crippen LogP contribution in [0.2, 0.25) is 0 Å². The van der Waals surface area contributed by atoms with Gasteiger partial charge in [-0.05, 0) is 26.0 Å². The summed E-state index contributed by atoms with van der Waals surface area (Å²) in [7, 11) is 1.28. The van der Waals surface area contributed by atoms with Crippen LogP contribution in [0.3, 0.4) is 0 Å². The number of rotatable bonds is 9. The fraction of sp³-hybridized carbons (Fsp3) is 0.400. The van der Waals surface area contributed by atoms with Gasteiger partial charge in [-0.1, -0.05) is 0 Å². The van der Waals surface area contributed by atoms with Crippen LogP contribution in [-0.2, 0) is 19.6 Å². The SMILES string of the molecule is CCn1c(CO)nn(-c2nc(O[C@@H](C)C(F)(F)F)c(C(=O)Cc3ccnnc3OC)cc2F)c1=O. The minimum atomic E-state index is -4.83. The molecule has 1 N–H and O–H groups in total. The number of pyridine rings is 1. The van der Waals surface area contributed by atoms with Gasteiger partial charge < -0.3 is 14.6 Å². The molecule has 0 saturated heterocycles. The number of halogens is 4. The summed E-state index contributed by atoms with van der Waals surface area (Å²) in [4.78, 5) is 29.3. The lowest BCUT2D eigenvalue weighted by Gasteiger charge is -2.19. The summed E-state index contributed by atoms with van der Waals surface area (Å²) in [5, 5.41) is 20.5. The van der Waals surface area contributed by atoms with Crippen molar-refractivity contribution in [2.45, 2.75) is 45.7 Å². The second kappa shape index (κ2) is 10.2. The smallest absolute Gasteiger partial charge is 0.425 e. The number of hydrogen-bond acceptors (Lipinski definition) is 9. The van der Waals surface area contributed by atoms with Crippen LogP contribution in [0.15, 0.2) is 23.1 Å². The maximum absolute atomic E-state index is 15.0. The molecule has 1 atom stereocenters. The van der Waals surface area contributed by atoms with Gasteiger partial charge in [0.15, 0.2) is 29.3 Å². The van der Waals surface area contributed by atoms with Crippen molar-refractivity contribution in [3.05, 3.63) is 51.6 Å². The molecule has 3 rings (SSSR count). The maximum atomic E-state index is 15.0. The Morgan fingerprint density at radius 2 is 2.00 bits per heavy atom. The number of hydrogen-bond donors (Lipinski definition) is 1. The van der Waals surface area contributed by atoms with Crippen molar-refractivity contribution < 1.29 is 36.9 Å². The van der Waals surface area contributed by atoms with E-state index in [0.717, 1.165) is 4.57 Å². The molecule has 0 unspecified atom stereocenters. The predicted molar refractivity (Wildman–Crippen MR) is 110 cm³/mol. The van der Waals surface area contributed by atoms with Gasteiger partial charge in [-0.25, -0.2) is 9.18 Å². The second-order valence-corrected chi connectivity index (χ2v) is 7.13. The van der Waals surface area contributed by atoms with Crippen molar-refractivity contribution in [2.75, 3.05) is 7.11 Å². The highest BCUT2D eigenvalue weighted by molar-refractivity contribution is 5.99. The summed E-state index contributed by atoms with van der Waals surface area (Å²) in [5.74, 6) is -3.89. The highest BCUT2D eigenvalue weighted by atomic mass is 19.4. The van der Waals surface area contributed by atoms with Crippen LogP contribution >= 0.6 is 0 Å². The lowest BCUT2D eigenvalue weighted by atomic mass is 10.0. The van der Waals surface area contributed by atoms with E-state index in [9.17, 15) is 27.9 Å². The van der Waals surface area contributed by atoms with Gasteiger partial charge in [0.25, 0.3) is 0 Å². The van der Waals surface area contributed by atoms with E-state index in [4.69, 9.17) is 9.47 Å². The van der Waals surface area contributed by atoms with E-state index in [2.05, 4.69) is 20.3 Å². The van der Waals surface area contributed by atoms with Crippen molar-refractivity contribution in [1.82, 2.24) is 29.5 Å². The minimum absolute atomic E-state index is 0.00906. The number of Topliss-reactive ketones (excluding diaryl/α,β-unsaturated/α-hetero) is 1. The molecule has 0 amide bonds. The molecule has 3 aromatic heterocycles. The van der Waals surface area contributed by atoms with Gasteiger partial charge in [0.05, 0.1) is 18.9 Å². The lowest BCUT2D eigenvalue weighted by Crippen LogP contribution is -2.32. The molecule has 35 heavy (non-hydrogen) atoms. The summed E-state index contributed by atoms with van der Waals surface area (Å²) < 4.78 is 66.0. The minimum Gasteiger partial charge on any atom is -0.480 e. The first kappa shape index (κ1) is 25.7. The van der Waals surface area contributed by atoms with Gasteiger partial charge in [0.2, 0.25) is 11.8 Å². The standard InChI is InChI=1S/C20H20F4N6O5/c1-4-29-15(9-31)28-30(19(29)33)16-13(21)8-12(18(26-16)35-10(2)20(22,23)24)14(32)7-11-5-6-25-27-17(11)34-3/h5-6,8,10,31H,4,7,9H2,1-3H3/t10-/m0/s1. The molecular weight excluding hydrogens is 480 g/mol. The van der Waals surface area contributed by atoms with Crippen molar-refractivity contribution in [1.29, 1.82) is 0 Å². The van der Waals surface area contributed by atoms with E-state index in [1.165, 1.54) is 19.4 Å². The monoisotopic (exact) mass is 500 g/mol. The van der Waals surface area contributed by atoms with Crippen LogP contribution in [0, 0.1) is 5.82 Å². The molecule has 3 aromatic rings. The summed E-state index contributed by atoms with van der Waals surface area (Å²) >= 11 is 0. The van der Waals surface area contributed by atoms with Gasteiger partial charge in [0.1, 0.15) is 6.61 Å². The molecule has 0 fully saturated rings. The Morgan fingerprint density at radius 1 is 1.29 bits per heavy atom. The number of alkyl halides is 3. The third kappa shape index (κ3) is 5.29. The summed E-state index contributed by atoms with van der Waals surface area (Å²) in [6.45, 7) is 1.66. The van der Waals surface area contributed by atoms with Crippen molar-refractivity contribution in [3.8, 4) is 17.6 Å². The first-order valence-corrected chi connectivity index (χ1v) is 10.1. The van der Waals surface area contributed by atoms with Crippen molar-refractivity contribution in [2.24, 2.45) is 0 Å². The molecule has 0 saturated carbocycles. The molecule has 0 radical (unpaired) electrons. The van der Waals surface area contributed by atoms with E-state index < -0.39 is 59.9 Å². The van der Waals surface area contributed by atoms with E-state index in [0.29, 0.717) is 17.7 Å². The average Bonchev–Trinajstić information content (AvgIpc) is 3.14. The lowest BCUT2D eigenvalue weighted by molar-refractivity contribution is -0.190. The van der Waals surface area contributed by atoms with Crippen molar-refractivity contribution in [3.63, 3.8) is 0 Å². The fourth-order valence-corrected chi connectivity index (χ4v) is 3.06. The molecule has 188 valence electrons. The van der Waals surface area contributed by atoms with E-state index in [1.54, 1.807) is 6.92 Å². The normalized spacial score (nSPS) is 12.5. The predicted octanol–water partition coefficient (Wildman–Crippen LogP) is 1.63. The molecule has 15 heteroatoms. The van der Waals surface area contributed by atoms with Crippen LogP contribution in [0.5, 0.6) is 11.8 Å². The van der Waals surface area contributed by atoms with Crippen LogP contribution in [0.1, 0.15) is 35.6 Å². The van der Waals surface area contributed by atoms with Gasteiger partial charge >= 0.3 is 11.9 Å². The van der Waals surface area contributed by atoms with E-state index in [1.807, 2.05) is 0 Å². The highest BCUT2D eigenvalue weighted by Gasteiger charge is 2.39. The summed E-state index contributed by atoms with van der Waals surface area (Å²) in [6, 6.07) is 2.01. The number of nitrogens with zero attached hydrogens (tertiary/aromatic N) is 6. The largest absolute Gasteiger partial charge is 0.480 e. The number of aliphatic hydroxyl groups excluding tert-OH is 1. The Labute approximate surface area is 195 Å². The van der Waals surface area contributed by atoms with Gasteiger partial charge in [0, 0.05) is 18.5 Å². The second-order valence-electron chi connectivity index (χ2n) is 7.13. The highest BCUT2D eigenvalue weighted by Crippen LogP contribution is 2.29. The van der Waals surface area contributed by atoms with Crippen molar-refractivity contribution >= 4 is 5.78 Å². The molecule has 0 aliphatic rings. The number of aromatic nitrogens is 6. The van der Waals surface area contributed by atoms with Crippen LogP contribution in [-0.4, -0.2) is 59.8 Å². The number of aliphatic hydroxyl groups is 1. The van der Waals surface area contributed by atoms with E-state index >= 15 is 4.39 Å². The zero-order chi connectivity index (χ0) is 25.9. The number of ketones is 1. The molecule has 0 bridgehead atoms. The van der Waals surface area contributed by atoms with Crippen LogP contribution in [0.25, 0.3) is 5.82 Å². The van der Waals surface area contributed by atoms with E-state index in [-0.39, 0.29) is 23.8 Å². The number of carbonyl (C=O) groups excluding carboxylic acids is 1. The third-order valence-corrected chi connectivity index (χ3v) is 4.88. The van der Waals surface area contributed by atoms with Gasteiger partial charge in [-0.15, -0.1) is 10.2 Å². The number of methoxy groups -OCH3 is 1. The maximum Gasteiger partial charge on any atom is 0.425 e. The molecule has 0 spiro atoms. The average molecular weight is 500 g/mol. The molecule has 0 aliphatic heterocycles. The Kier molecular flexibility index (Phi) is 7.48. The first-order chi connectivity index (χ1) is 16.5. The zero-order valence-corrected chi connectivity index (χ0v) is 18.7. The Morgan fingerprint density at radius 3 is 2.57 bits per heavy atom. The number of carbonyl (C=O) groups is 1. The Bertz CT molecular complexity index is 1290. The molecular formula is C20H20F4N6O5. The third-order valence-electron chi connectivity index (χ3n) is 4.88. The van der Waals surface area contributed by atoms with Gasteiger partial charge in [-0.3, -0.25) is 9.36 Å². The Balaban J connectivity index is 2.14. The topological polar surface area (TPSA) is 134 Å². The molecule has 0 aromatic carbocycles. The molecule has 3 heterocycles. The van der Waals surface area contributed by atoms with Crippen LogP contribution in [0.4, 0.5) is 17.6 Å².